The molecule has 0 bridgehead atoms. The minimum Gasteiger partial charge on any atom is -0.258 e. The number of benzene rings is 2. The van der Waals surface area contributed by atoms with Crippen LogP contribution < -0.4 is 0 Å². The topological polar surface area (TPSA) is 43.1 Å². The first-order valence-corrected chi connectivity index (χ1v) is 6.13. The SMILES string of the molecule is O=[N+]([O-])/C(=C/c1ccccc1)c1ccc(Br)cc1. The van der Waals surface area contributed by atoms with Gasteiger partial charge < -0.3 is 0 Å². The van der Waals surface area contributed by atoms with E-state index in [0.717, 1.165) is 10.0 Å². The highest BCUT2D eigenvalue weighted by Gasteiger charge is 2.13. The van der Waals surface area contributed by atoms with E-state index < -0.39 is 0 Å². The summed E-state index contributed by atoms with van der Waals surface area (Å²) >= 11 is 3.31. The molecule has 0 fully saturated rings. The van der Waals surface area contributed by atoms with Crippen LogP contribution in [-0.4, -0.2) is 4.92 Å². The van der Waals surface area contributed by atoms with E-state index in [2.05, 4.69) is 15.9 Å². The molecule has 0 saturated carbocycles. The van der Waals surface area contributed by atoms with Crippen LogP contribution in [0.3, 0.4) is 0 Å². The lowest BCUT2D eigenvalue weighted by Gasteiger charge is -2.00. The second-order valence-electron chi connectivity index (χ2n) is 3.70. The third kappa shape index (κ3) is 3.05. The van der Waals surface area contributed by atoms with Crippen molar-refractivity contribution in [2.24, 2.45) is 0 Å². The molecule has 0 aliphatic carbocycles. The molecule has 0 saturated heterocycles. The van der Waals surface area contributed by atoms with Gasteiger partial charge in [-0.15, -0.1) is 0 Å². The van der Waals surface area contributed by atoms with Crippen molar-refractivity contribution < 1.29 is 4.92 Å². The zero-order valence-corrected chi connectivity index (χ0v) is 11.0. The van der Waals surface area contributed by atoms with E-state index in [4.69, 9.17) is 0 Å². The van der Waals surface area contributed by atoms with Crippen LogP contribution in [0.25, 0.3) is 11.8 Å². The fourth-order valence-corrected chi connectivity index (χ4v) is 1.83. The summed E-state index contributed by atoms with van der Waals surface area (Å²) in [7, 11) is 0. The molecular weight excluding hydrogens is 294 g/mol. The van der Waals surface area contributed by atoms with Gasteiger partial charge in [0.05, 0.1) is 10.5 Å². The average molecular weight is 304 g/mol. The quantitative estimate of drug-likeness (QED) is 0.484. The summed E-state index contributed by atoms with van der Waals surface area (Å²) in [6, 6.07) is 16.3. The molecule has 2 aromatic carbocycles. The standard InChI is InChI=1S/C14H10BrNO2/c15-13-8-6-12(7-9-13)14(16(17)18)10-11-4-2-1-3-5-11/h1-10H/b14-10+. The van der Waals surface area contributed by atoms with Crippen LogP contribution in [0.1, 0.15) is 11.1 Å². The van der Waals surface area contributed by atoms with Gasteiger partial charge in [0.2, 0.25) is 0 Å². The Kier molecular flexibility index (Phi) is 3.89. The third-order valence-electron chi connectivity index (χ3n) is 2.44. The summed E-state index contributed by atoms with van der Waals surface area (Å²) in [5.74, 6) is 0. The van der Waals surface area contributed by atoms with Crippen LogP contribution in [-0.2, 0) is 0 Å². The van der Waals surface area contributed by atoms with E-state index in [0.29, 0.717) is 5.56 Å². The van der Waals surface area contributed by atoms with Crippen LogP contribution >= 0.6 is 15.9 Å². The number of nitrogens with zero attached hydrogens (tertiary/aromatic N) is 1. The molecule has 0 N–H and O–H groups in total. The summed E-state index contributed by atoms with van der Waals surface area (Å²) in [6.45, 7) is 0. The van der Waals surface area contributed by atoms with Crippen molar-refractivity contribution in [2.45, 2.75) is 0 Å². The Bertz CT molecular complexity index is 577. The highest BCUT2D eigenvalue weighted by Crippen LogP contribution is 2.21. The predicted molar refractivity (Wildman–Crippen MR) is 75.4 cm³/mol. The zero-order valence-electron chi connectivity index (χ0n) is 9.42. The van der Waals surface area contributed by atoms with Crippen LogP contribution in [0.2, 0.25) is 0 Å². The van der Waals surface area contributed by atoms with Crippen LogP contribution in [0, 0.1) is 10.1 Å². The lowest BCUT2D eigenvalue weighted by atomic mass is 10.1. The minimum atomic E-state index is -0.365. The molecule has 90 valence electrons. The molecular formula is C14H10BrNO2. The Morgan fingerprint density at radius 1 is 1.06 bits per heavy atom. The van der Waals surface area contributed by atoms with Crippen molar-refractivity contribution in [1.29, 1.82) is 0 Å². The fraction of sp³-hybridized carbons (Fsp3) is 0. The van der Waals surface area contributed by atoms with Crippen LogP contribution in [0.15, 0.2) is 59.1 Å². The van der Waals surface area contributed by atoms with E-state index >= 15 is 0 Å². The molecule has 0 aliphatic heterocycles. The second-order valence-corrected chi connectivity index (χ2v) is 4.62. The smallest absolute Gasteiger partial charge is 0.258 e. The van der Waals surface area contributed by atoms with Gasteiger partial charge in [0.15, 0.2) is 0 Å². The number of rotatable bonds is 3. The van der Waals surface area contributed by atoms with E-state index in [1.165, 1.54) is 0 Å². The molecule has 0 atom stereocenters. The van der Waals surface area contributed by atoms with E-state index in [9.17, 15) is 10.1 Å². The molecule has 0 spiro atoms. The molecule has 0 amide bonds. The molecule has 0 heterocycles. The van der Waals surface area contributed by atoms with Gasteiger partial charge in [-0.2, -0.15) is 0 Å². The first-order valence-electron chi connectivity index (χ1n) is 5.34. The van der Waals surface area contributed by atoms with Crippen molar-refractivity contribution in [3.8, 4) is 0 Å². The van der Waals surface area contributed by atoms with Gasteiger partial charge in [-0.3, -0.25) is 10.1 Å². The monoisotopic (exact) mass is 303 g/mol. The van der Waals surface area contributed by atoms with Crippen molar-refractivity contribution in [3.05, 3.63) is 80.3 Å². The molecule has 0 aliphatic rings. The average Bonchev–Trinajstić information content (AvgIpc) is 2.38. The van der Waals surface area contributed by atoms with Gasteiger partial charge in [0.1, 0.15) is 0 Å². The summed E-state index contributed by atoms with van der Waals surface area (Å²) < 4.78 is 0.897. The molecule has 4 heteroatoms. The minimum absolute atomic E-state index is 0.0914. The number of halogens is 1. The van der Waals surface area contributed by atoms with Gasteiger partial charge in [0, 0.05) is 10.5 Å². The van der Waals surface area contributed by atoms with Crippen LogP contribution in [0.5, 0.6) is 0 Å². The van der Waals surface area contributed by atoms with Crippen molar-refractivity contribution >= 4 is 27.7 Å². The maximum absolute atomic E-state index is 11.1. The normalized spacial score (nSPS) is 11.3. The highest BCUT2D eigenvalue weighted by molar-refractivity contribution is 9.10. The highest BCUT2D eigenvalue weighted by atomic mass is 79.9. The van der Waals surface area contributed by atoms with Crippen molar-refractivity contribution in [3.63, 3.8) is 0 Å². The van der Waals surface area contributed by atoms with E-state index in [1.807, 2.05) is 30.3 Å². The lowest BCUT2D eigenvalue weighted by molar-refractivity contribution is -0.374. The Morgan fingerprint density at radius 3 is 2.22 bits per heavy atom. The van der Waals surface area contributed by atoms with Gasteiger partial charge in [-0.25, -0.2) is 0 Å². The first kappa shape index (κ1) is 12.5. The molecule has 0 aromatic heterocycles. The molecule has 2 rings (SSSR count). The van der Waals surface area contributed by atoms with Crippen LogP contribution in [0.4, 0.5) is 0 Å². The van der Waals surface area contributed by atoms with Gasteiger partial charge in [-0.05, 0) is 29.8 Å². The number of hydrogen-bond acceptors (Lipinski definition) is 2. The molecule has 2 aromatic rings. The second kappa shape index (κ2) is 5.60. The van der Waals surface area contributed by atoms with Crippen molar-refractivity contribution in [2.75, 3.05) is 0 Å². The first-order chi connectivity index (χ1) is 8.66. The molecule has 18 heavy (non-hydrogen) atoms. The predicted octanol–water partition coefficient (Wildman–Crippen LogP) is 4.22. The molecule has 3 nitrogen and oxygen atoms in total. The Morgan fingerprint density at radius 2 is 1.67 bits per heavy atom. The van der Waals surface area contributed by atoms with Crippen molar-refractivity contribution in [1.82, 2.24) is 0 Å². The fourth-order valence-electron chi connectivity index (χ4n) is 1.57. The maximum Gasteiger partial charge on any atom is 0.277 e. The zero-order chi connectivity index (χ0) is 13.0. The Balaban J connectivity index is 2.44. The van der Waals surface area contributed by atoms with E-state index in [1.54, 1.807) is 30.3 Å². The lowest BCUT2D eigenvalue weighted by Crippen LogP contribution is -1.97. The van der Waals surface area contributed by atoms with Gasteiger partial charge in [-0.1, -0.05) is 46.3 Å². The Labute approximate surface area is 113 Å². The summed E-state index contributed by atoms with van der Waals surface area (Å²) in [6.07, 6.45) is 1.57. The van der Waals surface area contributed by atoms with Gasteiger partial charge >= 0.3 is 0 Å². The summed E-state index contributed by atoms with van der Waals surface area (Å²) in [5, 5.41) is 11.1. The summed E-state index contributed by atoms with van der Waals surface area (Å²) in [5.41, 5.74) is 1.49. The molecule has 0 radical (unpaired) electrons. The Hall–Kier alpha value is -1.94. The number of hydrogen-bond donors (Lipinski definition) is 0. The number of nitro groups is 1. The van der Waals surface area contributed by atoms with Gasteiger partial charge in [0.25, 0.3) is 5.70 Å². The van der Waals surface area contributed by atoms with E-state index in [-0.39, 0.29) is 10.6 Å². The largest absolute Gasteiger partial charge is 0.277 e. The maximum atomic E-state index is 11.1. The summed E-state index contributed by atoms with van der Waals surface area (Å²) in [4.78, 5) is 10.7. The molecule has 0 unspecified atom stereocenters. The third-order valence-corrected chi connectivity index (χ3v) is 2.97.